The van der Waals surface area contributed by atoms with Crippen molar-refractivity contribution in [3.05, 3.63) is 59.2 Å². The zero-order chi connectivity index (χ0) is 18.5. The fraction of sp³-hybridized carbons (Fsp3) is 0.333. The first kappa shape index (κ1) is 18.0. The average Bonchev–Trinajstić information content (AvgIpc) is 3.08. The molecule has 0 radical (unpaired) electrons. The fourth-order valence-corrected chi connectivity index (χ4v) is 3.15. The summed E-state index contributed by atoms with van der Waals surface area (Å²) in [6.07, 6.45) is 1.51. The van der Waals surface area contributed by atoms with E-state index in [0.717, 1.165) is 35.5 Å². The lowest BCUT2D eigenvalue weighted by molar-refractivity contribution is -0.117. The van der Waals surface area contributed by atoms with E-state index >= 15 is 0 Å². The zero-order valence-corrected chi connectivity index (χ0v) is 15.2. The molecule has 2 aromatic carbocycles. The second-order valence-electron chi connectivity index (χ2n) is 6.41. The van der Waals surface area contributed by atoms with E-state index in [-0.39, 0.29) is 11.8 Å². The molecule has 1 N–H and O–H groups in total. The first-order chi connectivity index (χ1) is 12.6. The van der Waals surface area contributed by atoms with E-state index in [1.54, 1.807) is 11.0 Å². The van der Waals surface area contributed by atoms with Gasteiger partial charge in [-0.2, -0.15) is 0 Å². The van der Waals surface area contributed by atoms with Crippen LogP contribution in [0.15, 0.2) is 42.5 Å². The third kappa shape index (κ3) is 4.04. The van der Waals surface area contributed by atoms with Crippen LogP contribution in [0.1, 0.15) is 41.3 Å². The molecule has 2 amide bonds. The number of hydrogen-bond acceptors (Lipinski definition) is 3. The second-order valence-corrected chi connectivity index (χ2v) is 6.41. The zero-order valence-electron chi connectivity index (χ0n) is 15.2. The van der Waals surface area contributed by atoms with Crippen LogP contribution in [0.4, 0.5) is 5.69 Å². The molecule has 0 aromatic heterocycles. The summed E-state index contributed by atoms with van der Waals surface area (Å²) in [5.74, 6) is 0.835. The topological polar surface area (TPSA) is 58.6 Å². The summed E-state index contributed by atoms with van der Waals surface area (Å²) in [4.78, 5) is 26.1. The third-order valence-corrected chi connectivity index (χ3v) is 4.49. The van der Waals surface area contributed by atoms with Crippen molar-refractivity contribution in [2.45, 2.75) is 33.2 Å². The van der Waals surface area contributed by atoms with E-state index < -0.39 is 0 Å². The number of nitrogens with zero attached hydrogens (tertiary/aromatic N) is 1. The van der Waals surface area contributed by atoms with Crippen molar-refractivity contribution in [3.8, 4) is 5.75 Å². The number of benzene rings is 2. The van der Waals surface area contributed by atoms with Gasteiger partial charge in [0.15, 0.2) is 0 Å². The Hall–Kier alpha value is -2.82. The van der Waals surface area contributed by atoms with Gasteiger partial charge in [0.05, 0.1) is 6.61 Å². The SMILES string of the molecule is CCOc1ccc(C(=O)NCc2cccc(N3CCCC3=O)c2)cc1C. The highest BCUT2D eigenvalue weighted by molar-refractivity contribution is 5.96. The number of carbonyl (C=O) groups excluding carboxylic acids is 2. The summed E-state index contributed by atoms with van der Waals surface area (Å²) in [7, 11) is 0. The molecule has 1 saturated heterocycles. The number of carbonyl (C=O) groups is 2. The Kier molecular flexibility index (Phi) is 5.56. The van der Waals surface area contributed by atoms with Gasteiger partial charge in [-0.25, -0.2) is 0 Å². The molecular formula is C21H24N2O3. The summed E-state index contributed by atoms with van der Waals surface area (Å²) in [5.41, 5.74) is 3.42. The predicted octanol–water partition coefficient (Wildman–Crippen LogP) is 3.45. The van der Waals surface area contributed by atoms with Crippen LogP contribution in [0.3, 0.4) is 0 Å². The smallest absolute Gasteiger partial charge is 0.251 e. The minimum absolute atomic E-state index is 0.126. The lowest BCUT2D eigenvalue weighted by atomic mass is 10.1. The van der Waals surface area contributed by atoms with Crippen molar-refractivity contribution in [1.29, 1.82) is 0 Å². The van der Waals surface area contributed by atoms with Crippen LogP contribution in [0.25, 0.3) is 0 Å². The third-order valence-electron chi connectivity index (χ3n) is 4.49. The van der Waals surface area contributed by atoms with Gasteiger partial charge in [-0.05, 0) is 61.7 Å². The Balaban J connectivity index is 1.64. The van der Waals surface area contributed by atoms with Crippen molar-refractivity contribution in [2.75, 3.05) is 18.1 Å². The van der Waals surface area contributed by atoms with Crippen molar-refractivity contribution in [2.24, 2.45) is 0 Å². The summed E-state index contributed by atoms with van der Waals surface area (Å²) in [6.45, 7) is 5.64. The van der Waals surface area contributed by atoms with Crippen LogP contribution >= 0.6 is 0 Å². The van der Waals surface area contributed by atoms with E-state index in [2.05, 4.69) is 5.32 Å². The van der Waals surface area contributed by atoms with E-state index in [0.29, 0.717) is 25.1 Å². The van der Waals surface area contributed by atoms with Crippen LogP contribution in [-0.2, 0) is 11.3 Å². The molecule has 0 bridgehead atoms. The molecule has 0 spiro atoms. The minimum Gasteiger partial charge on any atom is -0.494 e. The maximum atomic E-state index is 12.4. The number of hydrogen-bond donors (Lipinski definition) is 1. The molecule has 0 atom stereocenters. The Morgan fingerprint density at radius 1 is 1.23 bits per heavy atom. The van der Waals surface area contributed by atoms with Crippen LogP contribution < -0.4 is 15.0 Å². The molecule has 136 valence electrons. The monoisotopic (exact) mass is 352 g/mol. The molecule has 3 rings (SSSR count). The molecule has 5 heteroatoms. The van der Waals surface area contributed by atoms with Gasteiger partial charge in [0.25, 0.3) is 5.91 Å². The Bertz CT molecular complexity index is 817. The van der Waals surface area contributed by atoms with Crippen molar-refractivity contribution in [1.82, 2.24) is 5.32 Å². The Labute approximate surface area is 154 Å². The van der Waals surface area contributed by atoms with Gasteiger partial charge in [-0.1, -0.05) is 12.1 Å². The molecule has 5 nitrogen and oxygen atoms in total. The predicted molar refractivity (Wildman–Crippen MR) is 102 cm³/mol. The quantitative estimate of drug-likeness (QED) is 0.866. The standard InChI is InChI=1S/C21H24N2O3/c1-3-26-19-10-9-17(12-15(19)2)21(25)22-14-16-6-4-7-18(13-16)23-11-5-8-20(23)24/h4,6-7,9-10,12-13H,3,5,8,11,14H2,1-2H3,(H,22,25). The van der Waals surface area contributed by atoms with Gasteiger partial charge in [-0.3, -0.25) is 9.59 Å². The molecule has 1 aliphatic rings. The van der Waals surface area contributed by atoms with Crippen molar-refractivity contribution in [3.63, 3.8) is 0 Å². The van der Waals surface area contributed by atoms with E-state index in [4.69, 9.17) is 4.74 Å². The molecule has 0 aliphatic carbocycles. The fourth-order valence-electron chi connectivity index (χ4n) is 3.15. The first-order valence-electron chi connectivity index (χ1n) is 8.99. The molecular weight excluding hydrogens is 328 g/mol. The highest BCUT2D eigenvalue weighted by atomic mass is 16.5. The van der Waals surface area contributed by atoms with Gasteiger partial charge in [0.1, 0.15) is 5.75 Å². The number of ether oxygens (including phenoxy) is 1. The minimum atomic E-state index is -0.126. The summed E-state index contributed by atoms with van der Waals surface area (Å²) < 4.78 is 5.51. The van der Waals surface area contributed by atoms with Gasteiger partial charge in [-0.15, -0.1) is 0 Å². The van der Waals surface area contributed by atoms with Crippen molar-refractivity contribution < 1.29 is 14.3 Å². The Morgan fingerprint density at radius 2 is 2.08 bits per heavy atom. The molecule has 1 aliphatic heterocycles. The first-order valence-corrected chi connectivity index (χ1v) is 8.99. The van der Waals surface area contributed by atoms with Crippen LogP contribution in [0.2, 0.25) is 0 Å². The average molecular weight is 352 g/mol. The lowest BCUT2D eigenvalue weighted by Gasteiger charge is -2.16. The van der Waals surface area contributed by atoms with Crippen LogP contribution in [0.5, 0.6) is 5.75 Å². The summed E-state index contributed by atoms with van der Waals surface area (Å²) >= 11 is 0. The summed E-state index contributed by atoms with van der Waals surface area (Å²) in [6, 6.07) is 13.2. The van der Waals surface area contributed by atoms with Gasteiger partial charge < -0.3 is 15.0 Å². The second kappa shape index (κ2) is 8.04. The van der Waals surface area contributed by atoms with Gasteiger partial charge in [0.2, 0.25) is 5.91 Å². The molecule has 1 fully saturated rings. The van der Waals surface area contributed by atoms with Gasteiger partial charge >= 0.3 is 0 Å². The van der Waals surface area contributed by atoms with Gasteiger partial charge in [0, 0.05) is 30.8 Å². The highest BCUT2D eigenvalue weighted by Crippen LogP contribution is 2.22. The molecule has 1 heterocycles. The molecule has 2 aromatic rings. The number of aryl methyl sites for hydroxylation is 1. The van der Waals surface area contributed by atoms with E-state index in [9.17, 15) is 9.59 Å². The van der Waals surface area contributed by atoms with Crippen LogP contribution in [0, 0.1) is 6.92 Å². The molecule has 0 unspecified atom stereocenters. The lowest BCUT2D eigenvalue weighted by Crippen LogP contribution is -2.25. The van der Waals surface area contributed by atoms with E-state index in [1.807, 2.05) is 50.2 Å². The van der Waals surface area contributed by atoms with E-state index in [1.165, 1.54) is 0 Å². The number of amides is 2. The maximum absolute atomic E-state index is 12.4. The maximum Gasteiger partial charge on any atom is 0.251 e. The molecule has 26 heavy (non-hydrogen) atoms. The Morgan fingerprint density at radius 3 is 2.77 bits per heavy atom. The number of nitrogens with one attached hydrogen (secondary N) is 1. The normalized spacial score (nSPS) is 13.8. The molecule has 0 saturated carbocycles. The van der Waals surface area contributed by atoms with Crippen LogP contribution in [-0.4, -0.2) is 25.0 Å². The number of anilines is 1. The summed E-state index contributed by atoms with van der Waals surface area (Å²) in [5, 5.41) is 2.94. The number of rotatable bonds is 6. The van der Waals surface area contributed by atoms with Crippen molar-refractivity contribution >= 4 is 17.5 Å². The largest absolute Gasteiger partial charge is 0.494 e. The highest BCUT2D eigenvalue weighted by Gasteiger charge is 2.21.